The summed E-state index contributed by atoms with van der Waals surface area (Å²) in [5.74, 6) is 1.40. The number of amides is 1. The van der Waals surface area contributed by atoms with Gasteiger partial charge in [-0.15, -0.1) is 0 Å². The van der Waals surface area contributed by atoms with Gasteiger partial charge < -0.3 is 15.2 Å². The highest BCUT2D eigenvalue weighted by atomic mass is 16.2. The summed E-state index contributed by atoms with van der Waals surface area (Å²) in [6.07, 6.45) is 4.41. The molecule has 18 heavy (non-hydrogen) atoms. The van der Waals surface area contributed by atoms with Crippen molar-refractivity contribution >= 4 is 5.91 Å². The predicted octanol–water partition coefficient (Wildman–Crippen LogP) is 1.00. The SMILES string of the molecule is CC(C)C1(C(=O)N(C)Cc2ncc[nH]2)CCNC1. The molecule has 100 valence electrons. The third kappa shape index (κ3) is 2.27. The van der Waals surface area contributed by atoms with Gasteiger partial charge in [-0.2, -0.15) is 0 Å². The minimum Gasteiger partial charge on any atom is -0.347 e. The van der Waals surface area contributed by atoms with Crippen LogP contribution in [0.2, 0.25) is 0 Å². The standard InChI is InChI=1S/C13H22N4O/c1-10(2)13(4-5-14-9-13)12(18)17(3)8-11-15-6-7-16-11/h6-7,10,14H,4-5,8-9H2,1-3H3,(H,15,16). The fourth-order valence-corrected chi connectivity index (χ4v) is 2.69. The van der Waals surface area contributed by atoms with Gasteiger partial charge in [0.2, 0.25) is 5.91 Å². The van der Waals surface area contributed by atoms with Crippen molar-refractivity contribution in [3.05, 3.63) is 18.2 Å². The van der Waals surface area contributed by atoms with Crippen LogP contribution in [-0.4, -0.2) is 40.9 Å². The molecule has 1 atom stereocenters. The van der Waals surface area contributed by atoms with E-state index >= 15 is 0 Å². The maximum Gasteiger partial charge on any atom is 0.230 e. The lowest BCUT2D eigenvalue weighted by Crippen LogP contribution is -2.46. The first-order valence-corrected chi connectivity index (χ1v) is 6.51. The lowest BCUT2D eigenvalue weighted by Gasteiger charge is -2.34. The van der Waals surface area contributed by atoms with Gasteiger partial charge in [-0.05, 0) is 18.9 Å². The largest absolute Gasteiger partial charge is 0.347 e. The van der Waals surface area contributed by atoms with Crippen LogP contribution in [0, 0.1) is 11.3 Å². The molecule has 1 aliphatic rings. The molecule has 5 nitrogen and oxygen atoms in total. The molecule has 1 aromatic rings. The van der Waals surface area contributed by atoms with Crippen LogP contribution in [0.5, 0.6) is 0 Å². The molecule has 0 saturated carbocycles. The summed E-state index contributed by atoms with van der Waals surface area (Å²) >= 11 is 0. The summed E-state index contributed by atoms with van der Waals surface area (Å²) in [4.78, 5) is 21.7. The number of imidazole rings is 1. The molecule has 1 fully saturated rings. The monoisotopic (exact) mass is 250 g/mol. The lowest BCUT2D eigenvalue weighted by molar-refractivity contribution is -0.143. The number of rotatable bonds is 4. The topological polar surface area (TPSA) is 61.0 Å². The number of hydrogen-bond acceptors (Lipinski definition) is 3. The number of nitrogens with one attached hydrogen (secondary N) is 2. The summed E-state index contributed by atoms with van der Waals surface area (Å²) < 4.78 is 0. The quantitative estimate of drug-likeness (QED) is 0.838. The minimum atomic E-state index is -0.249. The molecule has 1 amide bonds. The maximum absolute atomic E-state index is 12.7. The van der Waals surface area contributed by atoms with Gasteiger partial charge in [0.15, 0.2) is 0 Å². The van der Waals surface area contributed by atoms with Crippen molar-refractivity contribution in [3.8, 4) is 0 Å². The molecule has 0 bridgehead atoms. The highest BCUT2D eigenvalue weighted by Gasteiger charge is 2.45. The van der Waals surface area contributed by atoms with Crippen LogP contribution in [0.4, 0.5) is 0 Å². The Kier molecular flexibility index (Phi) is 3.71. The summed E-state index contributed by atoms with van der Waals surface area (Å²) in [5, 5.41) is 3.32. The molecule has 1 aliphatic heterocycles. The second kappa shape index (κ2) is 5.10. The van der Waals surface area contributed by atoms with Crippen LogP contribution in [-0.2, 0) is 11.3 Å². The van der Waals surface area contributed by atoms with Crippen molar-refractivity contribution < 1.29 is 4.79 Å². The molecule has 1 saturated heterocycles. The molecule has 1 aromatic heterocycles. The third-order valence-electron chi connectivity index (χ3n) is 4.01. The van der Waals surface area contributed by atoms with Crippen molar-refractivity contribution in [1.82, 2.24) is 20.2 Å². The van der Waals surface area contributed by atoms with Crippen LogP contribution in [0.15, 0.2) is 12.4 Å². The van der Waals surface area contributed by atoms with E-state index in [-0.39, 0.29) is 11.3 Å². The van der Waals surface area contributed by atoms with Gasteiger partial charge in [-0.3, -0.25) is 4.79 Å². The highest BCUT2D eigenvalue weighted by molar-refractivity contribution is 5.83. The number of aromatic nitrogens is 2. The predicted molar refractivity (Wildman–Crippen MR) is 69.8 cm³/mol. The first-order chi connectivity index (χ1) is 8.56. The van der Waals surface area contributed by atoms with E-state index in [1.165, 1.54) is 0 Å². The first kappa shape index (κ1) is 13.1. The van der Waals surface area contributed by atoms with Gasteiger partial charge in [0.25, 0.3) is 0 Å². The van der Waals surface area contributed by atoms with E-state index in [0.717, 1.165) is 25.3 Å². The summed E-state index contributed by atoms with van der Waals surface area (Å²) in [7, 11) is 1.85. The number of carbonyl (C=O) groups excluding carboxylic acids is 1. The van der Waals surface area contributed by atoms with Crippen molar-refractivity contribution in [2.45, 2.75) is 26.8 Å². The molecule has 0 aliphatic carbocycles. The molecule has 2 heterocycles. The maximum atomic E-state index is 12.7. The molecule has 2 rings (SSSR count). The Morgan fingerprint density at radius 3 is 2.89 bits per heavy atom. The molecule has 0 spiro atoms. The minimum absolute atomic E-state index is 0.221. The summed E-state index contributed by atoms with van der Waals surface area (Å²) in [6, 6.07) is 0. The molecular formula is C13H22N4O. The zero-order valence-corrected chi connectivity index (χ0v) is 11.4. The Hall–Kier alpha value is -1.36. The molecule has 0 radical (unpaired) electrons. The Morgan fingerprint density at radius 1 is 1.61 bits per heavy atom. The number of H-pyrrole nitrogens is 1. The van der Waals surface area contributed by atoms with Crippen LogP contribution < -0.4 is 5.32 Å². The zero-order valence-electron chi connectivity index (χ0n) is 11.4. The van der Waals surface area contributed by atoms with Gasteiger partial charge in [-0.1, -0.05) is 13.8 Å². The summed E-state index contributed by atoms with van der Waals surface area (Å²) in [6.45, 7) is 6.52. The third-order valence-corrected chi connectivity index (χ3v) is 4.01. The fourth-order valence-electron chi connectivity index (χ4n) is 2.69. The van der Waals surface area contributed by atoms with Crippen LogP contribution in [0.1, 0.15) is 26.1 Å². The van der Waals surface area contributed by atoms with Gasteiger partial charge in [0.05, 0.1) is 12.0 Å². The van der Waals surface area contributed by atoms with E-state index in [2.05, 4.69) is 29.1 Å². The van der Waals surface area contributed by atoms with E-state index in [9.17, 15) is 4.79 Å². The Morgan fingerprint density at radius 2 is 2.39 bits per heavy atom. The number of nitrogens with zero attached hydrogens (tertiary/aromatic N) is 2. The van der Waals surface area contributed by atoms with Gasteiger partial charge in [-0.25, -0.2) is 4.98 Å². The average Bonchev–Trinajstić information content (AvgIpc) is 2.98. The van der Waals surface area contributed by atoms with Gasteiger partial charge in [0.1, 0.15) is 5.82 Å². The van der Waals surface area contributed by atoms with E-state index in [4.69, 9.17) is 0 Å². The number of hydrogen-bond donors (Lipinski definition) is 2. The van der Waals surface area contributed by atoms with Crippen molar-refractivity contribution in [2.24, 2.45) is 11.3 Å². The lowest BCUT2D eigenvalue weighted by atomic mass is 9.75. The van der Waals surface area contributed by atoms with Gasteiger partial charge in [0, 0.05) is 26.0 Å². The van der Waals surface area contributed by atoms with Crippen LogP contribution in [0.25, 0.3) is 0 Å². The Labute approximate surface area is 108 Å². The molecule has 1 unspecified atom stereocenters. The number of aromatic amines is 1. The van der Waals surface area contributed by atoms with Crippen molar-refractivity contribution in [2.75, 3.05) is 20.1 Å². The molecular weight excluding hydrogens is 228 g/mol. The van der Waals surface area contributed by atoms with Gasteiger partial charge >= 0.3 is 0 Å². The van der Waals surface area contributed by atoms with E-state index in [1.807, 2.05) is 7.05 Å². The normalized spacial score (nSPS) is 23.6. The van der Waals surface area contributed by atoms with Crippen LogP contribution >= 0.6 is 0 Å². The van der Waals surface area contributed by atoms with Crippen molar-refractivity contribution in [3.63, 3.8) is 0 Å². The van der Waals surface area contributed by atoms with E-state index in [1.54, 1.807) is 17.3 Å². The fraction of sp³-hybridized carbons (Fsp3) is 0.692. The van der Waals surface area contributed by atoms with Crippen LogP contribution in [0.3, 0.4) is 0 Å². The molecule has 5 heteroatoms. The zero-order chi connectivity index (χ0) is 13.2. The van der Waals surface area contributed by atoms with E-state index < -0.39 is 0 Å². The highest BCUT2D eigenvalue weighted by Crippen LogP contribution is 2.36. The Bertz CT molecular complexity index is 393. The second-order valence-electron chi connectivity index (χ2n) is 5.43. The van der Waals surface area contributed by atoms with Crippen molar-refractivity contribution in [1.29, 1.82) is 0 Å². The average molecular weight is 250 g/mol. The molecule has 2 N–H and O–H groups in total. The first-order valence-electron chi connectivity index (χ1n) is 6.51. The second-order valence-corrected chi connectivity index (χ2v) is 5.43. The summed E-state index contributed by atoms with van der Waals surface area (Å²) in [5.41, 5.74) is -0.249. The van der Waals surface area contributed by atoms with E-state index in [0.29, 0.717) is 12.5 Å². The molecule has 0 aromatic carbocycles. The number of carbonyl (C=O) groups is 1. The smallest absolute Gasteiger partial charge is 0.230 e. The Balaban J connectivity index is 2.09.